The van der Waals surface area contributed by atoms with E-state index in [1.54, 1.807) is 24.3 Å². The van der Waals surface area contributed by atoms with Crippen molar-refractivity contribution in [3.05, 3.63) is 52.3 Å². The number of carbonyl (C=O) groups is 1. The summed E-state index contributed by atoms with van der Waals surface area (Å²) in [6.07, 6.45) is 1.97. The van der Waals surface area contributed by atoms with Gasteiger partial charge in [0.1, 0.15) is 5.82 Å². The summed E-state index contributed by atoms with van der Waals surface area (Å²) in [5.41, 5.74) is 0.489. The summed E-state index contributed by atoms with van der Waals surface area (Å²) in [6.45, 7) is 4.99. The molecular weight excluding hydrogens is 389 g/mol. The number of hydrogen-bond acceptors (Lipinski definition) is 3. The van der Waals surface area contributed by atoms with Crippen LogP contribution in [0.1, 0.15) is 37.0 Å². The monoisotopic (exact) mass is 409 g/mol. The van der Waals surface area contributed by atoms with E-state index in [1.165, 1.54) is 12.1 Å². The molecular formula is C19H21BrFNO3. The van der Waals surface area contributed by atoms with Crippen LogP contribution in [-0.2, 0) is 0 Å². The van der Waals surface area contributed by atoms with Crippen LogP contribution in [0.4, 0.5) is 10.1 Å². The quantitative estimate of drug-likeness (QED) is 0.592. The van der Waals surface area contributed by atoms with Crippen molar-refractivity contribution in [3.63, 3.8) is 0 Å². The van der Waals surface area contributed by atoms with Gasteiger partial charge in [-0.3, -0.25) is 4.79 Å². The third-order valence-electron chi connectivity index (χ3n) is 3.44. The molecule has 0 aromatic heterocycles. The van der Waals surface area contributed by atoms with Gasteiger partial charge >= 0.3 is 0 Å². The lowest BCUT2D eigenvalue weighted by Crippen LogP contribution is -2.13. The van der Waals surface area contributed by atoms with Crippen molar-refractivity contribution in [2.45, 2.75) is 26.7 Å². The Hall–Kier alpha value is -2.08. The summed E-state index contributed by atoms with van der Waals surface area (Å²) in [5, 5.41) is 2.56. The summed E-state index contributed by atoms with van der Waals surface area (Å²) in [4.78, 5) is 12.4. The van der Waals surface area contributed by atoms with Gasteiger partial charge in [0.05, 0.1) is 18.9 Å². The number of ether oxygens (including phenoxy) is 2. The minimum atomic E-state index is -0.507. The normalized spacial score (nSPS) is 10.4. The van der Waals surface area contributed by atoms with Gasteiger partial charge in [-0.25, -0.2) is 4.39 Å². The molecule has 0 aliphatic rings. The highest BCUT2D eigenvalue weighted by Crippen LogP contribution is 2.29. The Labute approximate surface area is 155 Å². The molecule has 0 aliphatic heterocycles. The molecule has 0 atom stereocenters. The SMILES string of the molecule is CCCCOc1ccc(C(=O)Nc2ccc(Br)cc2F)cc1OCC. The predicted octanol–water partition coefficient (Wildman–Crippen LogP) is 5.42. The lowest BCUT2D eigenvalue weighted by Gasteiger charge is -2.13. The molecule has 2 rings (SSSR count). The van der Waals surface area contributed by atoms with Gasteiger partial charge in [0.2, 0.25) is 0 Å². The first-order chi connectivity index (χ1) is 12.0. The van der Waals surface area contributed by atoms with Gasteiger partial charge in [-0.15, -0.1) is 0 Å². The summed E-state index contributed by atoms with van der Waals surface area (Å²) in [5.74, 6) is 0.179. The Morgan fingerprint density at radius 2 is 1.92 bits per heavy atom. The van der Waals surface area contributed by atoms with Gasteiger partial charge in [0, 0.05) is 10.0 Å². The summed E-state index contributed by atoms with van der Waals surface area (Å²) in [7, 11) is 0. The lowest BCUT2D eigenvalue weighted by atomic mass is 10.1. The Morgan fingerprint density at radius 3 is 2.60 bits per heavy atom. The first-order valence-electron chi connectivity index (χ1n) is 8.21. The van der Waals surface area contributed by atoms with E-state index < -0.39 is 11.7 Å². The van der Waals surface area contributed by atoms with E-state index >= 15 is 0 Å². The van der Waals surface area contributed by atoms with E-state index in [9.17, 15) is 9.18 Å². The second kappa shape index (κ2) is 9.42. The molecule has 6 heteroatoms. The van der Waals surface area contributed by atoms with E-state index in [1.807, 2.05) is 6.92 Å². The maximum absolute atomic E-state index is 13.9. The molecule has 0 bridgehead atoms. The zero-order valence-corrected chi connectivity index (χ0v) is 15.9. The molecule has 4 nitrogen and oxygen atoms in total. The van der Waals surface area contributed by atoms with Crippen LogP contribution < -0.4 is 14.8 Å². The zero-order valence-electron chi connectivity index (χ0n) is 14.3. The summed E-state index contributed by atoms with van der Waals surface area (Å²) in [6, 6.07) is 9.41. The molecule has 0 aliphatic carbocycles. The van der Waals surface area contributed by atoms with Gasteiger partial charge in [0.25, 0.3) is 5.91 Å². The number of benzene rings is 2. The van der Waals surface area contributed by atoms with E-state index in [0.29, 0.717) is 34.7 Å². The van der Waals surface area contributed by atoms with Gasteiger partial charge in [-0.2, -0.15) is 0 Å². The van der Waals surface area contributed by atoms with Gasteiger partial charge in [0.15, 0.2) is 11.5 Å². The molecule has 2 aromatic carbocycles. The van der Waals surface area contributed by atoms with Crippen LogP contribution in [0.25, 0.3) is 0 Å². The number of nitrogens with one attached hydrogen (secondary N) is 1. The zero-order chi connectivity index (χ0) is 18.2. The van der Waals surface area contributed by atoms with E-state index in [4.69, 9.17) is 9.47 Å². The van der Waals surface area contributed by atoms with Crippen molar-refractivity contribution in [1.29, 1.82) is 0 Å². The van der Waals surface area contributed by atoms with Crippen LogP contribution in [-0.4, -0.2) is 19.1 Å². The summed E-state index contributed by atoms with van der Waals surface area (Å²) < 4.78 is 25.7. The van der Waals surface area contributed by atoms with Crippen LogP contribution in [0.2, 0.25) is 0 Å². The first kappa shape index (κ1) is 19.2. The first-order valence-corrected chi connectivity index (χ1v) is 9.00. The third-order valence-corrected chi connectivity index (χ3v) is 3.93. The standard InChI is InChI=1S/C19H21BrFNO3/c1-3-5-10-25-17-9-6-13(11-18(17)24-4-2)19(23)22-16-8-7-14(20)12-15(16)21/h6-9,11-12H,3-5,10H2,1-2H3,(H,22,23). The van der Waals surface area contributed by atoms with E-state index in [0.717, 1.165) is 12.8 Å². The Balaban J connectivity index is 2.17. The molecule has 0 unspecified atom stereocenters. The predicted molar refractivity (Wildman–Crippen MR) is 100 cm³/mol. The average Bonchev–Trinajstić information content (AvgIpc) is 2.59. The molecule has 2 aromatic rings. The van der Waals surface area contributed by atoms with Crippen LogP contribution in [0, 0.1) is 5.82 Å². The average molecular weight is 410 g/mol. The fraction of sp³-hybridized carbons (Fsp3) is 0.316. The number of amides is 1. The Morgan fingerprint density at radius 1 is 1.12 bits per heavy atom. The van der Waals surface area contributed by atoms with E-state index in [2.05, 4.69) is 28.2 Å². The second-order valence-corrected chi connectivity index (χ2v) is 6.29. The van der Waals surface area contributed by atoms with Crippen molar-refractivity contribution in [1.82, 2.24) is 0 Å². The van der Waals surface area contributed by atoms with Crippen LogP contribution in [0.5, 0.6) is 11.5 Å². The number of hydrogen-bond donors (Lipinski definition) is 1. The second-order valence-electron chi connectivity index (χ2n) is 5.37. The van der Waals surface area contributed by atoms with Gasteiger partial charge in [-0.05, 0) is 49.7 Å². The van der Waals surface area contributed by atoms with Crippen molar-refractivity contribution >= 4 is 27.5 Å². The number of rotatable bonds is 8. The molecule has 25 heavy (non-hydrogen) atoms. The van der Waals surface area contributed by atoms with Gasteiger partial charge in [-0.1, -0.05) is 29.3 Å². The molecule has 0 saturated heterocycles. The van der Waals surface area contributed by atoms with Crippen molar-refractivity contribution in [2.75, 3.05) is 18.5 Å². The van der Waals surface area contributed by atoms with Crippen molar-refractivity contribution < 1.29 is 18.7 Å². The topological polar surface area (TPSA) is 47.6 Å². The van der Waals surface area contributed by atoms with Crippen molar-refractivity contribution in [2.24, 2.45) is 0 Å². The fourth-order valence-electron chi connectivity index (χ4n) is 2.15. The third kappa shape index (κ3) is 5.46. The summed E-state index contributed by atoms with van der Waals surface area (Å²) >= 11 is 3.18. The van der Waals surface area contributed by atoms with Crippen molar-refractivity contribution in [3.8, 4) is 11.5 Å². The number of anilines is 1. The molecule has 1 amide bonds. The minimum Gasteiger partial charge on any atom is -0.490 e. The minimum absolute atomic E-state index is 0.120. The van der Waals surface area contributed by atoms with E-state index in [-0.39, 0.29) is 5.69 Å². The highest BCUT2D eigenvalue weighted by atomic mass is 79.9. The van der Waals surface area contributed by atoms with Crippen LogP contribution in [0.3, 0.4) is 0 Å². The molecule has 0 heterocycles. The number of carbonyl (C=O) groups excluding carboxylic acids is 1. The van der Waals surface area contributed by atoms with Gasteiger partial charge < -0.3 is 14.8 Å². The molecule has 1 N–H and O–H groups in total. The fourth-order valence-corrected chi connectivity index (χ4v) is 2.48. The largest absolute Gasteiger partial charge is 0.490 e. The molecule has 0 spiro atoms. The Bertz CT molecular complexity index is 737. The number of halogens is 2. The molecule has 0 saturated carbocycles. The Kier molecular flexibility index (Phi) is 7.25. The maximum Gasteiger partial charge on any atom is 0.255 e. The van der Waals surface area contributed by atoms with Crippen LogP contribution in [0.15, 0.2) is 40.9 Å². The number of unbranched alkanes of at least 4 members (excludes halogenated alkanes) is 1. The maximum atomic E-state index is 13.9. The smallest absolute Gasteiger partial charge is 0.255 e. The van der Waals surface area contributed by atoms with Crippen LogP contribution >= 0.6 is 15.9 Å². The highest BCUT2D eigenvalue weighted by Gasteiger charge is 2.13. The highest BCUT2D eigenvalue weighted by molar-refractivity contribution is 9.10. The molecule has 134 valence electrons. The molecule has 0 fully saturated rings. The lowest BCUT2D eigenvalue weighted by molar-refractivity contribution is 0.102. The molecule has 0 radical (unpaired) electrons.